The molecule has 3 rings (SSSR count). The monoisotopic (exact) mass is 456 g/mol. The van der Waals surface area contributed by atoms with Crippen LogP contribution in [0.25, 0.3) is 0 Å². The van der Waals surface area contributed by atoms with Crippen LogP contribution in [0.1, 0.15) is 48.0 Å². The summed E-state index contributed by atoms with van der Waals surface area (Å²) < 4.78 is 23.5. The van der Waals surface area contributed by atoms with E-state index in [1.165, 1.54) is 19.2 Å². The fourth-order valence-electron chi connectivity index (χ4n) is 3.90. The summed E-state index contributed by atoms with van der Waals surface area (Å²) in [6.07, 6.45) is 4.98. The minimum absolute atomic E-state index is 0.0581. The minimum Gasteiger partial charge on any atom is -0.497 e. The molecule has 1 fully saturated rings. The molecular formula is C25H29FN2O5. The first-order valence-electron chi connectivity index (χ1n) is 11.1. The van der Waals surface area contributed by atoms with Gasteiger partial charge in [-0.05, 0) is 48.7 Å². The van der Waals surface area contributed by atoms with Gasteiger partial charge in [0, 0.05) is 18.2 Å². The number of hydrogen-bond acceptors (Lipinski definition) is 5. The maximum Gasteiger partial charge on any atom is 0.325 e. The van der Waals surface area contributed by atoms with Gasteiger partial charge in [0.05, 0.1) is 7.11 Å². The van der Waals surface area contributed by atoms with Crippen LogP contribution in [0.4, 0.5) is 4.39 Å². The molecule has 1 aliphatic rings. The van der Waals surface area contributed by atoms with E-state index in [0.29, 0.717) is 17.9 Å². The van der Waals surface area contributed by atoms with Crippen LogP contribution >= 0.6 is 0 Å². The van der Waals surface area contributed by atoms with Crippen LogP contribution in [0.3, 0.4) is 0 Å². The summed E-state index contributed by atoms with van der Waals surface area (Å²) in [7, 11) is 1.50. The van der Waals surface area contributed by atoms with Crippen LogP contribution in [-0.4, -0.2) is 49.0 Å². The van der Waals surface area contributed by atoms with Crippen molar-refractivity contribution in [2.45, 2.75) is 44.7 Å². The van der Waals surface area contributed by atoms with Crippen molar-refractivity contribution < 1.29 is 28.2 Å². The first-order valence-corrected chi connectivity index (χ1v) is 11.1. The average Bonchev–Trinajstić information content (AvgIpc) is 2.86. The molecule has 2 aromatic carbocycles. The van der Waals surface area contributed by atoms with Crippen LogP contribution in [0, 0.1) is 5.82 Å². The van der Waals surface area contributed by atoms with Crippen molar-refractivity contribution in [2.24, 2.45) is 0 Å². The van der Waals surface area contributed by atoms with Crippen molar-refractivity contribution >= 4 is 17.8 Å². The molecule has 1 N–H and O–H groups in total. The lowest BCUT2D eigenvalue weighted by Crippen LogP contribution is -2.43. The van der Waals surface area contributed by atoms with Gasteiger partial charge in [0.25, 0.3) is 11.8 Å². The molecule has 2 aromatic rings. The molecule has 0 aliphatic heterocycles. The topological polar surface area (TPSA) is 84.9 Å². The van der Waals surface area contributed by atoms with E-state index in [1.807, 2.05) is 0 Å². The van der Waals surface area contributed by atoms with Crippen LogP contribution < -0.4 is 10.1 Å². The molecule has 0 saturated heterocycles. The number of nitrogens with one attached hydrogen (secondary N) is 1. The highest BCUT2D eigenvalue weighted by molar-refractivity contribution is 5.96. The van der Waals surface area contributed by atoms with E-state index in [0.717, 1.165) is 37.7 Å². The molecule has 1 saturated carbocycles. The summed E-state index contributed by atoms with van der Waals surface area (Å²) >= 11 is 0. The highest BCUT2D eigenvalue weighted by Gasteiger charge is 2.26. The summed E-state index contributed by atoms with van der Waals surface area (Å²) in [6.45, 7) is -0.440. The number of amides is 2. The Hall–Kier alpha value is -3.42. The maximum atomic E-state index is 13.2. The largest absolute Gasteiger partial charge is 0.497 e. The second-order valence-corrected chi connectivity index (χ2v) is 8.02. The summed E-state index contributed by atoms with van der Waals surface area (Å²) in [5, 5.41) is 2.48. The summed E-state index contributed by atoms with van der Waals surface area (Å²) in [5.41, 5.74) is 1.16. The normalized spacial score (nSPS) is 13.8. The van der Waals surface area contributed by atoms with Gasteiger partial charge in [-0.3, -0.25) is 14.4 Å². The first-order chi connectivity index (χ1) is 16.0. The molecule has 0 unspecified atom stereocenters. The highest BCUT2D eigenvalue weighted by atomic mass is 19.1. The van der Waals surface area contributed by atoms with Gasteiger partial charge >= 0.3 is 5.97 Å². The summed E-state index contributed by atoms with van der Waals surface area (Å²) in [4.78, 5) is 39.0. The Kier molecular flexibility index (Phi) is 8.80. The zero-order valence-corrected chi connectivity index (χ0v) is 18.7. The molecule has 7 nitrogen and oxygen atoms in total. The van der Waals surface area contributed by atoms with Crippen LogP contribution in [-0.2, 0) is 20.9 Å². The second kappa shape index (κ2) is 12.0. The number of methoxy groups -OCH3 is 1. The van der Waals surface area contributed by atoms with Crippen molar-refractivity contribution in [1.82, 2.24) is 10.2 Å². The highest BCUT2D eigenvalue weighted by Crippen LogP contribution is 2.24. The van der Waals surface area contributed by atoms with E-state index in [1.54, 1.807) is 41.3 Å². The first kappa shape index (κ1) is 24.2. The molecule has 0 bridgehead atoms. The molecule has 0 heterocycles. The molecule has 2 amide bonds. The Morgan fingerprint density at radius 3 is 2.48 bits per heavy atom. The zero-order chi connectivity index (χ0) is 23.6. The van der Waals surface area contributed by atoms with Crippen molar-refractivity contribution in [3.8, 4) is 5.75 Å². The number of halogens is 1. The van der Waals surface area contributed by atoms with E-state index < -0.39 is 18.5 Å². The number of carbonyl (C=O) groups is 3. The molecular weight excluding hydrogens is 427 g/mol. The quantitative estimate of drug-likeness (QED) is 0.584. The van der Waals surface area contributed by atoms with E-state index in [9.17, 15) is 18.8 Å². The number of rotatable bonds is 9. The third kappa shape index (κ3) is 7.30. The van der Waals surface area contributed by atoms with Gasteiger partial charge < -0.3 is 19.7 Å². The second-order valence-electron chi connectivity index (χ2n) is 8.02. The van der Waals surface area contributed by atoms with Crippen molar-refractivity contribution in [3.63, 3.8) is 0 Å². The number of esters is 1. The molecule has 176 valence electrons. The van der Waals surface area contributed by atoms with E-state index in [2.05, 4.69) is 5.32 Å². The molecule has 0 aromatic heterocycles. The third-order valence-electron chi connectivity index (χ3n) is 5.68. The van der Waals surface area contributed by atoms with Gasteiger partial charge in [0.2, 0.25) is 0 Å². The van der Waals surface area contributed by atoms with E-state index in [4.69, 9.17) is 9.47 Å². The van der Waals surface area contributed by atoms with E-state index in [-0.39, 0.29) is 24.3 Å². The Morgan fingerprint density at radius 1 is 1.06 bits per heavy atom. The number of benzene rings is 2. The molecule has 8 heteroatoms. The molecule has 1 aliphatic carbocycles. The predicted octanol–water partition coefficient (Wildman–Crippen LogP) is 3.47. The van der Waals surface area contributed by atoms with Crippen LogP contribution in [0.5, 0.6) is 5.75 Å². The number of nitrogens with zero attached hydrogens (tertiary/aromatic N) is 1. The predicted molar refractivity (Wildman–Crippen MR) is 120 cm³/mol. The Morgan fingerprint density at radius 2 is 1.79 bits per heavy atom. The van der Waals surface area contributed by atoms with Gasteiger partial charge in [-0.25, -0.2) is 4.39 Å². The fraction of sp³-hybridized carbons (Fsp3) is 0.400. The van der Waals surface area contributed by atoms with Gasteiger partial charge in [-0.1, -0.05) is 37.5 Å². The summed E-state index contributed by atoms with van der Waals surface area (Å²) in [5.74, 6) is -1.26. The smallest absolute Gasteiger partial charge is 0.325 e. The Balaban J connectivity index is 1.53. The Bertz CT molecular complexity index is 958. The zero-order valence-electron chi connectivity index (χ0n) is 18.7. The van der Waals surface area contributed by atoms with E-state index >= 15 is 0 Å². The molecule has 0 atom stereocenters. The fourth-order valence-corrected chi connectivity index (χ4v) is 3.90. The molecule has 0 radical (unpaired) electrons. The number of carbonyl (C=O) groups excluding carboxylic acids is 3. The van der Waals surface area contributed by atoms with Gasteiger partial charge in [0.1, 0.15) is 18.1 Å². The van der Waals surface area contributed by atoms with Crippen LogP contribution in [0.15, 0.2) is 48.5 Å². The molecule has 33 heavy (non-hydrogen) atoms. The van der Waals surface area contributed by atoms with Gasteiger partial charge in [0.15, 0.2) is 6.61 Å². The molecule has 0 spiro atoms. The van der Waals surface area contributed by atoms with Crippen LogP contribution in [0.2, 0.25) is 0 Å². The van der Waals surface area contributed by atoms with Gasteiger partial charge in [-0.2, -0.15) is 0 Å². The van der Waals surface area contributed by atoms with Crippen molar-refractivity contribution in [2.75, 3.05) is 20.3 Å². The van der Waals surface area contributed by atoms with Crippen molar-refractivity contribution in [1.29, 1.82) is 0 Å². The SMILES string of the molecule is COc1cccc(C(=O)NCC(=O)OCC(=O)N(Cc2ccc(F)cc2)C2CCCCC2)c1. The minimum atomic E-state index is -0.704. The maximum absolute atomic E-state index is 13.2. The lowest BCUT2D eigenvalue weighted by molar-refractivity contribution is -0.152. The third-order valence-corrected chi connectivity index (χ3v) is 5.68. The van der Waals surface area contributed by atoms with Gasteiger partial charge in [-0.15, -0.1) is 0 Å². The lowest BCUT2D eigenvalue weighted by Gasteiger charge is -2.34. The Labute approximate surface area is 192 Å². The number of ether oxygens (including phenoxy) is 2. The number of hydrogen-bond donors (Lipinski definition) is 1. The lowest BCUT2D eigenvalue weighted by atomic mass is 9.93. The van der Waals surface area contributed by atoms with Crippen molar-refractivity contribution in [3.05, 3.63) is 65.5 Å². The standard InChI is InChI=1S/C25H29FN2O5/c1-32-22-9-5-6-19(14-22)25(31)27-15-24(30)33-17-23(29)28(21-7-3-2-4-8-21)16-18-10-12-20(26)13-11-18/h5-6,9-14,21H,2-4,7-8,15-17H2,1H3,(H,27,31). The summed E-state index contributed by atoms with van der Waals surface area (Å²) in [6, 6.07) is 12.6. The average molecular weight is 457 g/mol.